The van der Waals surface area contributed by atoms with Crippen LogP contribution in [0.2, 0.25) is 0 Å². The molecule has 4 aromatic heterocycles. The number of aryl methyl sites for hydroxylation is 2. The number of aliphatic hydroxyl groups is 4. The van der Waals surface area contributed by atoms with E-state index in [2.05, 4.69) is 20.6 Å². The van der Waals surface area contributed by atoms with E-state index in [0.717, 1.165) is 26.4 Å². The molecule has 306 valence electrons. The predicted molar refractivity (Wildman–Crippen MR) is 227 cm³/mol. The number of hydrogen-bond donors (Lipinski definition) is 6. The lowest BCUT2D eigenvalue weighted by atomic mass is 10.2. The molecule has 4 heterocycles. The first kappa shape index (κ1) is 46.7. The Labute approximate surface area is 349 Å². The first-order valence-electron chi connectivity index (χ1n) is 15.9. The van der Waals surface area contributed by atoms with E-state index < -0.39 is 83.9 Å². The number of pyridine rings is 2. The minimum absolute atomic E-state index is 0. The predicted octanol–water partition coefficient (Wildman–Crippen LogP) is 3.63. The Kier molecular flexibility index (Phi) is 16.1. The molecule has 0 radical (unpaired) electrons. The van der Waals surface area contributed by atoms with Gasteiger partial charge in [-0.3, -0.25) is 37.4 Å². The van der Waals surface area contributed by atoms with Crippen LogP contribution in [0, 0.1) is 24.6 Å². The van der Waals surface area contributed by atoms with Gasteiger partial charge in [-0.2, -0.15) is 4.39 Å². The third kappa shape index (κ3) is 9.38. The van der Waals surface area contributed by atoms with Crippen LogP contribution in [-0.4, -0.2) is 75.1 Å². The summed E-state index contributed by atoms with van der Waals surface area (Å²) in [6.07, 6.45) is 2.21. The van der Waals surface area contributed by atoms with Crippen molar-refractivity contribution >= 4 is 90.0 Å². The van der Waals surface area contributed by atoms with Crippen molar-refractivity contribution in [1.29, 1.82) is 0 Å². The van der Waals surface area contributed by atoms with E-state index in [1.54, 1.807) is 12.1 Å². The number of anilines is 4. The molecule has 2 aromatic carbocycles. The summed E-state index contributed by atoms with van der Waals surface area (Å²) in [7, 11) is 2.71. The van der Waals surface area contributed by atoms with Gasteiger partial charge in [0.05, 0.1) is 61.3 Å². The highest BCUT2D eigenvalue weighted by molar-refractivity contribution is 14.1. The van der Waals surface area contributed by atoms with Gasteiger partial charge in [0.2, 0.25) is 5.82 Å². The normalized spacial score (nSPS) is 11.0. The minimum Gasteiger partial charge on any atom is -0.394 e. The largest absolute Gasteiger partial charge is 0.394 e. The van der Waals surface area contributed by atoms with Crippen molar-refractivity contribution in [3.63, 3.8) is 0 Å². The van der Waals surface area contributed by atoms with E-state index in [0.29, 0.717) is 7.14 Å². The van der Waals surface area contributed by atoms with Gasteiger partial charge in [-0.05, 0) is 81.6 Å². The van der Waals surface area contributed by atoms with Crippen LogP contribution in [0.4, 0.5) is 35.9 Å². The van der Waals surface area contributed by atoms with Crippen molar-refractivity contribution in [2.24, 2.45) is 14.1 Å². The van der Waals surface area contributed by atoms with Gasteiger partial charge in [-0.25, -0.2) is 18.7 Å². The lowest BCUT2D eigenvalue weighted by Gasteiger charge is -2.18. The van der Waals surface area contributed by atoms with Gasteiger partial charge < -0.3 is 31.1 Å². The standard InChI is InChI=1S/C17H15F2IN4O4.C17H16FIN4O4.2CH4/c1-23-15-12(16(27)24(7-21-15)9(5-25)6-26)14(13(19)17(23)28)22-11-3-2-8(20)4-10(11)18;1-22-14(26)5-13(21-12-3-2-9(19)4-11(12)18)15-16(22)20-8-23(17(15)27)10(6-24)7-25;;/h2-4,7,9,22,25-26H,5-6H2,1H3;2-5,8,10,21,24-25H,6-7H2,1H3;2*1H4. The van der Waals surface area contributed by atoms with Crippen LogP contribution in [0.1, 0.15) is 26.9 Å². The van der Waals surface area contributed by atoms with Gasteiger partial charge >= 0.3 is 0 Å². The highest BCUT2D eigenvalue weighted by Crippen LogP contribution is 2.28. The highest BCUT2D eigenvalue weighted by Gasteiger charge is 2.23. The second-order valence-electron chi connectivity index (χ2n) is 11.9. The molecule has 6 rings (SSSR count). The summed E-state index contributed by atoms with van der Waals surface area (Å²) < 4.78 is 48.6. The number of benzene rings is 2. The van der Waals surface area contributed by atoms with E-state index >= 15 is 0 Å². The first-order chi connectivity index (χ1) is 26.2. The molecule has 0 aliphatic carbocycles. The lowest BCUT2D eigenvalue weighted by molar-refractivity contribution is 0.151. The Morgan fingerprint density at radius 1 is 0.632 bits per heavy atom. The molecule has 0 amide bonds. The zero-order valence-electron chi connectivity index (χ0n) is 28.7. The molecule has 57 heavy (non-hydrogen) atoms. The Bertz CT molecular complexity index is 2660. The maximum Gasteiger partial charge on any atom is 0.290 e. The molecule has 0 bridgehead atoms. The second-order valence-corrected chi connectivity index (χ2v) is 14.3. The fourth-order valence-electron chi connectivity index (χ4n) is 5.40. The Balaban J connectivity index is 0.000000295. The van der Waals surface area contributed by atoms with E-state index in [9.17, 15) is 52.8 Å². The number of nitrogens with zero attached hydrogens (tertiary/aromatic N) is 6. The quantitative estimate of drug-likeness (QED) is 0.109. The summed E-state index contributed by atoms with van der Waals surface area (Å²) in [5.74, 6) is -2.52. The summed E-state index contributed by atoms with van der Waals surface area (Å²) in [5, 5.41) is 42.4. The Morgan fingerprint density at radius 3 is 1.53 bits per heavy atom. The molecule has 0 fully saturated rings. The summed E-state index contributed by atoms with van der Waals surface area (Å²) in [4.78, 5) is 58.4. The maximum atomic E-state index is 14.8. The summed E-state index contributed by atoms with van der Waals surface area (Å²) in [6.45, 7) is -2.06. The van der Waals surface area contributed by atoms with Gasteiger partial charge in [0, 0.05) is 27.3 Å². The van der Waals surface area contributed by atoms with Crippen LogP contribution in [0.15, 0.2) is 74.3 Å². The average Bonchev–Trinajstić information content (AvgIpc) is 3.15. The van der Waals surface area contributed by atoms with Crippen LogP contribution in [0.5, 0.6) is 0 Å². The first-order valence-corrected chi connectivity index (χ1v) is 18.1. The third-order valence-electron chi connectivity index (χ3n) is 8.44. The fourth-order valence-corrected chi connectivity index (χ4v) is 6.31. The highest BCUT2D eigenvalue weighted by atomic mass is 127. The molecule has 6 aromatic rings. The maximum absolute atomic E-state index is 14.8. The monoisotopic (exact) mass is 1020 g/mol. The number of nitrogens with one attached hydrogen (secondary N) is 2. The van der Waals surface area contributed by atoms with Crippen molar-refractivity contribution in [2.75, 3.05) is 37.1 Å². The fraction of sp³-hybridized carbons (Fsp3) is 0.278. The second kappa shape index (κ2) is 19.6. The molecule has 0 saturated heterocycles. The molecule has 0 saturated carbocycles. The number of aliphatic hydroxyl groups excluding tert-OH is 4. The van der Waals surface area contributed by atoms with Gasteiger partial charge in [-0.1, -0.05) is 14.9 Å². The topological polar surface area (TPSA) is 219 Å². The minimum atomic E-state index is -1.28. The van der Waals surface area contributed by atoms with Crippen LogP contribution in [0.25, 0.3) is 22.1 Å². The number of hydrogen-bond acceptors (Lipinski definition) is 12. The molecule has 0 spiro atoms. The summed E-state index contributed by atoms with van der Waals surface area (Å²) in [5.41, 5.74) is -3.35. The van der Waals surface area contributed by atoms with E-state index in [1.807, 2.05) is 45.2 Å². The van der Waals surface area contributed by atoms with Crippen molar-refractivity contribution < 1.29 is 33.6 Å². The number of rotatable bonds is 10. The third-order valence-corrected chi connectivity index (χ3v) is 9.78. The number of aromatic nitrogens is 6. The van der Waals surface area contributed by atoms with Crippen LogP contribution in [0.3, 0.4) is 0 Å². The lowest BCUT2D eigenvalue weighted by Crippen LogP contribution is -2.33. The zero-order valence-corrected chi connectivity index (χ0v) is 33.0. The smallest absolute Gasteiger partial charge is 0.290 e. The average molecular weight is 1020 g/mol. The Hall–Kier alpha value is -4.69. The van der Waals surface area contributed by atoms with E-state index in [4.69, 9.17) is 0 Å². The van der Waals surface area contributed by atoms with Crippen LogP contribution < -0.4 is 32.9 Å². The van der Waals surface area contributed by atoms with Gasteiger partial charge in [0.1, 0.15) is 35.1 Å². The summed E-state index contributed by atoms with van der Waals surface area (Å²) >= 11 is 3.87. The van der Waals surface area contributed by atoms with Gasteiger partial charge in [0.15, 0.2) is 11.3 Å². The molecular formula is C36H39F3I2N8O8. The van der Waals surface area contributed by atoms with Crippen molar-refractivity contribution in [3.8, 4) is 0 Å². The molecule has 21 heteroatoms. The SMILES string of the molecule is C.C.Cn1c(=O)c(F)c(Nc2ccc(I)cc2F)c2c(=O)n(C(CO)CO)cnc21.Cn1c(=O)cc(Nc2ccc(I)cc2F)c2c(=O)n(C(CO)CO)cnc21. The van der Waals surface area contributed by atoms with Crippen molar-refractivity contribution in [3.05, 3.63) is 121 Å². The van der Waals surface area contributed by atoms with E-state index in [-0.39, 0.29) is 54.0 Å². The molecule has 16 nitrogen and oxygen atoms in total. The number of fused-ring (bicyclic) bond motifs is 2. The van der Waals surface area contributed by atoms with Crippen LogP contribution in [-0.2, 0) is 14.1 Å². The van der Waals surface area contributed by atoms with Gasteiger partial charge in [-0.15, -0.1) is 0 Å². The molecule has 0 atom stereocenters. The molecule has 0 aliphatic heterocycles. The van der Waals surface area contributed by atoms with E-state index in [1.165, 1.54) is 49.0 Å². The van der Waals surface area contributed by atoms with Crippen molar-refractivity contribution in [1.82, 2.24) is 28.2 Å². The summed E-state index contributed by atoms with van der Waals surface area (Å²) in [6, 6.07) is 7.90. The molecule has 0 unspecified atom stereocenters. The molecular weight excluding hydrogens is 983 g/mol. The van der Waals surface area contributed by atoms with Gasteiger partial charge in [0.25, 0.3) is 22.2 Å². The number of halogens is 5. The van der Waals surface area contributed by atoms with Crippen LogP contribution >= 0.6 is 45.2 Å². The molecule has 6 N–H and O–H groups in total. The zero-order chi connectivity index (χ0) is 40.3. The van der Waals surface area contributed by atoms with Crippen molar-refractivity contribution in [2.45, 2.75) is 26.9 Å². The Morgan fingerprint density at radius 2 is 1.07 bits per heavy atom. The molecule has 0 aliphatic rings.